The van der Waals surface area contributed by atoms with E-state index < -0.39 is 0 Å². The smallest absolute Gasteiger partial charge is 0.117 e. The Balaban J connectivity index is 1.79. The third kappa shape index (κ3) is 4.17. The van der Waals surface area contributed by atoms with Gasteiger partial charge in [-0.15, -0.1) is 0 Å². The van der Waals surface area contributed by atoms with Crippen LogP contribution in [-0.2, 0) is 6.54 Å². The molecule has 1 saturated carbocycles. The van der Waals surface area contributed by atoms with Gasteiger partial charge in [0.2, 0.25) is 0 Å². The first-order chi connectivity index (χ1) is 8.29. The van der Waals surface area contributed by atoms with Crippen molar-refractivity contribution < 1.29 is 4.42 Å². The normalized spacial score (nSPS) is 17.6. The van der Waals surface area contributed by atoms with Crippen molar-refractivity contribution in [3.05, 3.63) is 24.2 Å². The first-order valence-electron chi connectivity index (χ1n) is 6.75. The average molecular weight is 236 g/mol. The van der Waals surface area contributed by atoms with Crippen LogP contribution in [0.1, 0.15) is 38.4 Å². The van der Waals surface area contributed by atoms with Crippen LogP contribution in [0.15, 0.2) is 22.8 Å². The summed E-state index contributed by atoms with van der Waals surface area (Å²) in [5, 5.41) is 3.63. The van der Waals surface area contributed by atoms with Gasteiger partial charge >= 0.3 is 0 Å². The highest BCUT2D eigenvalue weighted by Crippen LogP contribution is 2.19. The van der Waals surface area contributed by atoms with Gasteiger partial charge in [0.25, 0.3) is 0 Å². The van der Waals surface area contributed by atoms with Gasteiger partial charge in [0.15, 0.2) is 0 Å². The Bertz CT molecular complexity index is 306. The summed E-state index contributed by atoms with van der Waals surface area (Å²) in [6.45, 7) is 4.27. The summed E-state index contributed by atoms with van der Waals surface area (Å²) >= 11 is 0. The molecular formula is C14H24N2O. The summed E-state index contributed by atoms with van der Waals surface area (Å²) < 4.78 is 5.41. The Labute approximate surface area is 104 Å². The lowest BCUT2D eigenvalue weighted by Gasteiger charge is -2.27. The van der Waals surface area contributed by atoms with Crippen LogP contribution >= 0.6 is 0 Å². The van der Waals surface area contributed by atoms with Gasteiger partial charge in [-0.05, 0) is 38.4 Å². The second kappa shape index (κ2) is 6.22. The Kier molecular flexibility index (Phi) is 4.63. The Morgan fingerprint density at radius 2 is 2.35 bits per heavy atom. The average Bonchev–Trinajstić information content (AvgIpc) is 3.01. The first-order valence-corrected chi connectivity index (χ1v) is 6.75. The van der Waals surface area contributed by atoms with E-state index in [9.17, 15) is 0 Å². The van der Waals surface area contributed by atoms with Crippen molar-refractivity contribution in [1.82, 2.24) is 10.2 Å². The fourth-order valence-corrected chi connectivity index (χ4v) is 2.18. The summed E-state index contributed by atoms with van der Waals surface area (Å²) in [4.78, 5) is 2.40. The van der Waals surface area contributed by atoms with E-state index in [4.69, 9.17) is 4.42 Å². The first kappa shape index (κ1) is 12.7. The number of hydrogen-bond acceptors (Lipinski definition) is 3. The molecule has 0 radical (unpaired) electrons. The van der Waals surface area contributed by atoms with Crippen molar-refractivity contribution >= 4 is 0 Å². The van der Waals surface area contributed by atoms with Crippen LogP contribution in [0.3, 0.4) is 0 Å². The molecule has 96 valence electrons. The Morgan fingerprint density at radius 3 is 2.94 bits per heavy atom. The van der Waals surface area contributed by atoms with Crippen LogP contribution in [0.5, 0.6) is 0 Å². The lowest BCUT2D eigenvalue weighted by atomic mass is 10.1. The third-order valence-electron chi connectivity index (χ3n) is 3.45. The highest BCUT2D eigenvalue weighted by molar-refractivity contribution is 4.98. The van der Waals surface area contributed by atoms with E-state index in [0.717, 1.165) is 24.9 Å². The minimum absolute atomic E-state index is 0.616. The number of furan rings is 1. The molecule has 3 heteroatoms. The maximum absolute atomic E-state index is 5.41. The molecule has 0 aromatic carbocycles. The summed E-state index contributed by atoms with van der Waals surface area (Å²) in [5.41, 5.74) is 0. The summed E-state index contributed by atoms with van der Waals surface area (Å²) in [6.07, 6.45) is 6.96. The SMILES string of the molecule is CCCC(CNC1CC1)N(C)Cc1ccco1. The lowest BCUT2D eigenvalue weighted by Crippen LogP contribution is -2.40. The van der Waals surface area contributed by atoms with E-state index in [0.29, 0.717) is 6.04 Å². The molecule has 0 amide bonds. The quantitative estimate of drug-likeness (QED) is 0.752. The molecule has 17 heavy (non-hydrogen) atoms. The molecule has 1 unspecified atom stereocenters. The van der Waals surface area contributed by atoms with E-state index in [1.807, 2.05) is 12.1 Å². The zero-order valence-corrected chi connectivity index (χ0v) is 11.0. The van der Waals surface area contributed by atoms with Crippen molar-refractivity contribution in [2.45, 2.75) is 51.2 Å². The highest BCUT2D eigenvalue weighted by atomic mass is 16.3. The van der Waals surface area contributed by atoms with Crippen LogP contribution < -0.4 is 5.32 Å². The Hall–Kier alpha value is -0.800. The number of nitrogens with zero attached hydrogens (tertiary/aromatic N) is 1. The summed E-state index contributed by atoms with van der Waals surface area (Å²) in [7, 11) is 2.19. The molecule has 1 N–H and O–H groups in total. The highest BCUT2D eigenvalue weighted by Gasteiger charge is 2.23. The van der Waals surface area contributed by atoms with Crippen molar-refractivity contribution in [1.29, 1.82) is 0 Å². The molecule has 1 aliphatic carbocycles. The predicted molar refractivity (Wildman–Crippen MR) is 69.9 cm³/mol. The van der Waals surface area contributed by atoms with Gasteiger partial charge in [0, 0.05) is 18.6 Å². The van der Waals surface area contributed by atoms with Gasteiger partial charge in [-0.1, -0.05) is 13.3 Å². The van der Waals surface area contributed by atoms with Crippen molar-refractivity contribution in [3.8, 4) is 0 Å². The standard InChI is InChI=1S/C14H24N2O/c1-3-5-13(10-15-12-7-8-12)16(2)11-14-6-4-9-17-14/h4,6,9,12-13,15H,3,5,7-8,10-11H2,1-2H3. The molecule has 1 heterocycles. The molecule has 1 aliphatic rings. The van der Waals surface area contributed by atoms with Gasteiger partial charge in [0.1, 0.15) is 5.76 Å². The molecule has 0 spiro atoms. The van der Waals surface area contributed by atoms with Gasteiger partial charge in [-0.25, -0.2) is 0 Å². The Morgan fingerprint density at radius 1 is 1.53 bits per heavy atom. The number of hydrogen-bond donors (Lipinski definition) is 1. The van der Waals surface area contributed by atoms with Crippen LogP contribution in [-0.4, -0.2) is 30.6 Å². The minimum atomic E-state index is 0.616. The van der Waals surface area contributed by atoms with Crippen LogP contribution in [0.4, 0.5) is 0 Å². The van der Waals surface area contributed by atoms with Crippen molar-refractivity contribution in [2.75, 3.05) is 13.6 Å². The molecule has 0 saturated heterocycles. The van der Waals surface area contributed by atoms with Gasteiger partial charge in [-0.2, -0.15) is 0 Å². The topological polar surface area (TPSA) is 28.4 Å². The minimum Gasteiger partial charge on any atom is -0.468 e. The molecule has 1 atom stereocenters. The summed E-state index contributed by atoms with van der Waals surface area (Å²) in [5.74, 6) is 1.06. The van der Waals surface area contributed by atoms with E-state index in [1.165, 1.54) is 25.7 Å². The van der Waals surface area contributed by atoms with Crippen LogP contribution in [0.2, 0.25) is 0 Å². The molecule has 1 aromatic rings. The van der Waals surface area contributed by atoms with Crippen molar-refractivity contribution in [3.63, 3.8) is 0 Å². The third-order valence-corrected chi connectivity index (χ3v) is 3.45. The maximum atomic E-state index is 5.41. The molecule has 1 fully saturated rings. The van der Waals surface area contributed by atoms with Gasteiger partial charge < -0.3 is 9.73 Å². The second-order valence-corrected chi connectivity index (χ2v) is 5.12. The summed E-state index contributed by atoms with van der Waals surface area (Å²) in [6, 6.07) is 5.42. The number of rotatable bonds is 8. The molecule has 2 rings (SSSR count). The van der Waals surface area contributed by atoms with Gasteiger partial charge in [0.05, 0.1) is 12.8 Å². The maximum Gasteiger partial charge on any atom is 0.117 e. The monoisotopic (exact) mass is 236 g/mol. The molecule has 0 aliphatic heterocycles. The fraction of sp³-hybridized carbons (Fsp3) is 0.714. The molecule has 0 bridgehead atoms. The van der Waals surface area contributed by atoms with E-state index in [2.05, 4.69) is 24.2 Å². The molecule has 1 aromatic heterocycles. The lowest BCUT2D eigenvalue weighted by molar-refractivity contribution is 0.199. The van der Waals surface area contributed by atoms with Crippen molar-refractivity contribution in [2.24, 2.45) is 0 Å². The zero-order chi connectivity index (χ0) is 12.1. The number of likely N-dealkylation sites (N-methyl/N-ethyl adjacent to an activating group) is 1. The number of nitrogens with one attached hydrogen (secondary N) is 1. The molecule has 3 nitrogen and oxygen atoms in total. The second-order valence-electron chi connectivity index (χ2n) is 5.12. The van der Waals surface area contributed by atoms with Crippen LogP contribution in [0.25, 0.3) is 0 Å². The van der Waals surface area contributed by atoms with E-state index >= 15 is 0 Å². The van der Waals surface area contributed by atoms with E-state index in [-0.39, 0.29) is 0 Å². The van der Waals surface area contributed by atoms with E-state index in [1.54, 1.807) is 6.26 Å². The molecular weight excluding hydrogens is 212 g/mol. The zero-order valence-electron chi connectivity index (χ0n) is 11.0. The van der Waals surface area contributed by atoms with Crippen LogP contribution in [0, 0.1) is 0 Å². The predicted octanol–water partition coefficient (Wildman–Crippen LogP) is 2.63. The fourth-order valence-electron chi connectivity index (χ4n) is 2.18. The van der Waals surface area contributed by atoms with Gasteiger partial charge in [-0.3, -0.25) is 4.90 Å². The largest absolute Gasteiger partial charge is 0.468 e.